The van der Waals surface area contributed by atoms with E-state index in [2.05, 4.69) is 6.58 Å². The maximum atomic E-state index is 11.4. The van der Waals surface area contributed by atoms with E-state index in [0.29, 0.717) is 5.57 Å². The molecule has 0 aliphatic heterocycles. The van der Waals surface area contributed by atoms with Gasteiger partial charge in [-0.05, 0) is 11.1 Å². The van der Waals surface area contributed by atoms with E-state index in [-0.39, 0.29) is 5.92 Å². The third-order valence-corrected chi connectivity index (χ3v) is 2.93. The van der Waals surface area contributed by atoms with Crippen LogP contribution in [0.4, 0.5) is 0 Å². The molecular formula is C16H15NO. The summed E-state index contributed by atoms with van der Waals surface area (Å²) in [5.74, 6) is -0.641. The zero-order chi connectivity index (χ0) is 13.0. The fraction of sp³-hybridized carbons (Fsp3) is 0.0625. The molecule has 2 aromatic rings. The van der Waals surface area contributed by atoms with Crippen molar-refractivity contribution >= 4 is 5.91 Å². The molecule has 0 saturated heterocycles. The van der Waals surface area contributed by atoms with Gasteiger partial charge in [-0.1, -0.05) is 67.2 Å². The van der Waals surface area contributed by atoms with Crippen LogP contribution in [0.25, 0.3) is 0 Å². The molecular weight excluding hydrogens is 222 g/mol. The molecule has 0 radical (unpaired) electrons. The minimum absolute atomic E-state index is 0.176. The molecule has 0 aliphatic rings. The fourth-order valence-electron chi connectivity index (χ4n) is 2.03. The number of benzene rings is 2. The Balaban J connectivity index is 2.48. The number of amides is 1. The van der Waals surface area contributed by atoms with E-state index >= 15 is 0 Å². The van der Waals surface area contributed by atoms with Crippen LogP contribution >= 0.6 is 0 Å². The molecule has 2 heteroatoms. The second-order valence-electron chi connectivity index (χ2n) is 4.14. The monoisotopic (exact) mass is 237 g/mol. The Morgan fingerprint density at radius 1 is 0.889 bits per heavy atom. The molecule has 0 atom stereocenters. The predicted octanol–water partition coefficient (Wildman–Crippen LogP) is 2.86. The van der Waals surface area contributed by atoms with Gasteiger partial charge in [0, 0.05) is 11.5 Å². The van der Waals surface area contributed by atoms with Crippen LogP contribution in [-0.4, -0.2) is 5.91 Å². The number of rotatable bonds is 4. The lowest BCUT2D eigenvalue weighted by Crippen LogP contribution is -2.19. The van der Waals surface area contributed by atoms with Crippen LogP contribution in [0.5, 0.6) is 0 Å². The molecule has 2 nitrogen and oxygen atoms in total. The molecule has 1 amide bonds. The van der Waals surface area contributed by atoms with Crippen LogP contribution in [0.1, 0.15) is 17.0 Å². The Kier molecular flexibility index (Phi) is 3.58. The lowest BCUT2D eigenvalue weighted by molar-refractivity contribution is -0.114. The quantitative estimate of drug-likeness (QED) is 0.816. The number of hydrogen-bond acceptors (Lipinski definition) is 1. The van der Waals surface area contributed by atoms with Crippen molar-refractivity contribution in [3.05, 3.63) is 83.9 Å². The minimum Gasteiger partial charge on any atom is -0.366 e. The summed E-state index contributed by atoms with van der Waals surface area (Å²) < 4.78 is 0. The molecule has 0 unspecified atom stereocenters. The van der Waals surface area contributed by atoms with Gasteiger partial charge in [0.2, 0.25) is 5.91 Å². The van der Waals surface area contributed by atoms with E-state index in [9.17, 15) is 4.79 Å². The van der Waals surface area contributed by atoms with Gasteiger partial charge in [-0.15, -0.1) is 0 Å². The van der Waals surface area contributed by atoms with E-state index in [0.717, 1.165) is 11.1 Å². The van der Waals surface area contributed by atoms with Crippen LogP contribution in [-0.2, 0) is 4.79 Å². The summed E-state index contributed by atoms with van der Waals surface area (Å²) in [6.07, 6.45) is 0. The van der Waals surface area contributed by atoms with Gasteiger partial charge in [0.15, 0.2) is 0 Å². The highest BCUT2D eigenvalue weighted by molar-refractivity contribution is 5.93. The first kappa shape index (κ1) is 12.1. The van der Waals surface area contributed by atoms with Crippen molar-refractivity contribution < 1.29 is 4.79 Å². The van der Waals surface area contributed by atoms with Crippen LogP contribution in [0, 0.1) is 0 Å². The molecule has 2 rings (SSSR count). The first-order valence-corrected chi connectivity index (χ1v) is 5.78. The summed E-state index contributed by atoms with van der Waals surface area (Å²) in [6, 6.07) is 19.6. The van der Waals surface area contributed by atoms with Crippen molar-refractivity contribution in [2.45, 2.75) is 5.92 Å². The van der Waals surface area contributed by atoms with Crippen LogP contribution in [0.2, 0.25) is 0 Å². The van der Waals surface area contributed by atoms with Crippen molar-refractivity contribution in [1.82, 2.24) is 0 Å². The molecule has 2 N–H and O–H groups in total. The number of nitrogens with two attached hydrogens (primary N) is 1. The number of carbonyl (C=O) groups excluding carboxylic acids is 1. The standard InChI is InChI=1S/C16H15NO/c1-12(16(17)18)15(13-8-4-2-5-9-13)14-10-6-3-7-11-14/h2-11,15H,1H2,(H2,17,18). The van der Waals surface area contributed by atoms with Gasteiger partial charge in [-0.3, -0.25) is 4.79 Å². The zero-order valence-corrected chi connectivity index (χ0v) is 10.0. The summed E-state index contributed by atoms with van der Waals surface area (Å²) in [5, 5.41) is 0. The molecule has 0 spiro atoms. The van der Waals surface area contributed by atoms with Gasteiger partial charge in [0.1, 0.15) is 0 Å². The number of primary amides is 1. The molecule has 0 aliphatic carbocycles. The molecule has 0 fully saturated rings. The Morgan fingerprint density at radius 3 is 1.61 bits per heavy atom. The average molecular weight is 237 g/mol. The topological polar surface area (TPSA) is 43.1 Å². The highest BCUT2D eigenvalue weighted by Crippen LogP contribution is 2.30. The van der Waals surface area contributed by atoms with Crippen LogP contribution in [0.15, 0.2) is 72.8 Å². The first-order chi connectivity index (χ1) is 8.70. The normalized spacial score (nSPS) is 10.3. The van der Waals surface area contributed by atoms with E-state index in [1.807, 2.05) is 60.7 Å². The molecule has 0 bridgehead atoms. The Bertz CT molecular complexity index is 506. The van der Waals surface area contributed by atoms with Gasteiger partial charge in [0.25, 0.3) is 0 Å². The lowest BCUT2D eigenvalue weighted by atomic mass is 9.85. The first-order valence-electron chi connectivity index (χ1n) is 5.78. The minimum atomic E-state index is -0.465. The van der Waals surface area contributed by atoms with Gasteiger partial charge in [-0.2, -0.15) is 0 Å². The van der Waals surface area contributed by atoms with E-state index in [1.165, 1.54) is 0 Å². The van der Waals surface area contributed by atoms with Gasteiger partial charge in [0.05, 0.1) is 0 Å². The number of carbonyl (C=O) groups is 1. The van der Waals surface area contributed by atoms with Crippen molar-refractivity contribution in [1.29, 1.82) is 0 Å². The van der Waals surface area contributed by atoms with E-state index in [4.69, 9.17) is 5.73 Å². The second-order valence-corrected chi connectivity index (χ2v) is 4.14. The molecule has 0 aromatic heterocycles. The number of hydrogen-bond donors (Lipinski definition) is 1. The molecule has 0 saturated carbocycles. The highest BCUT2D eigenvalue weighted by Gasteiger charge is 2.20. The van der Waals surface area contributed by atoms with E-state index < -0.39 is 5.91 Å². The molecule has 90 valence electrons. The van der Waals surface area contributed by atoms with Gasteiger partial charge < -0.3 is 5.73 Å². The summed E-state index contributed by atoms with van der Waals surface area (Å²) >= 11 is 0. The van der Waals surface area contributed by atoms with Gasteiger partial charge in [-0.25, -0.2) is 0 Å². The molecule has 18 heavy (non-hydrogen) atoms. The van der Waals surface area contributed by atoms with Crippen LogP contribution < -0.4 is 5.73 Å². The maximum absolute atomic E-state index is 11.4. The van der Waals surface area contributed by atoms with Gasteiger partial charge >= 0.3 is 0 Å². The maximum Gasteiger partial charge on any atom is 0.244 e. The SMILES string of the molecule is C=C(C(N)=O)C(c1ccccc1)c1ccccc1. The van der Waals surface area contributed by atoms with Crippen molar-refractivity contribution in [2.24, 2.45) is 5.73 Å². The lowest BCUT2D eigenvalue weighted by Gasteiger charge is -2.18. The molecule has 0 heterocycles. The van der Waals surface area contributed by atoms with E-state index in [1.54, 1.807) is 0 Å². The predicted molar refractivity (Wildman–Crippen MR) is 73.1 cm³/mol. The summed E-state index contributed by atoms with van der Waals surface area (Å²) in [6.45, 7) is 3.83. The third-order valence-electron chi connectivity index (χ3n) is 2.93. The third kappa shape index (κ3) is 2.48. The van der Waals surface area contributed by atoms with Crippen molar-refractivity contribution in [2.75, 3.05) is 0 Å². The Morgan fingerprint density at radius 2 is 1.28 bits per heavy atom. The molecule has 2 aromatic carbocycles. The Hall–Kier alpha value is -2.35. The average Bonchev–Trinajstić information content (AvgIpc) is 2.41. The van der Waals surface area contributed by atoms with Crippen molar-refractivity contribution in [3.63, 3.8) is 0 Å². The smallest absolute Gasteiger partial charge is 0.244 e. The Labute approximate surface area is 107 Å². The highest BCUT2D eigenvalue weighted by atomic mass is 16.1. The summed E-state index contributed by atoms with van der Waals surface area (Å²) in [4.78, 5) is 11.4. The zero-order valence-electron chi connectivity index (χ0n) is 10.0. The largest absolute Gasteiger partial charge is 0.366 e. The fourth-order valence-corrected chi connectivity index (χ4v) is 2.03. The van der Waals surface area contributed by atoms with Crippen LogP contribution in [0.3, 0.4) is 0 Å². The van der Waals surface area contributed by atoms with Crippen molar-refractivity contribution in [3.8, 4) is 0 Å². The second kappa shape index (κ2) is 5.32. The summed E-state index contributed by atoms with van der Waals surface area (Å²) in [7, 11) is 0. The summed E-state index contributed by atoms with van der Waals surface area (Å²) in [5.41, 5.74) is 7.82.